The van der Waals surface area contributed by atoms with E-state index >= 15 is 0 Å². The molecule has 0 N–H and O–H groups in total. The van der Waals surface area contributed by atoms with Crippen LogP contribution in [0.2, 0.25) is 0 Å². The van der Waals surface area contributed by atoms with Gasteiger partial charge in [-0.1, -0.05) is 165 Å². The molecule has 0 heterocycles. The monoisotopic (exact) mass is 907 g/mol. The van der Waals surface area contributed by atoms with Crippen molar-refractivity contribution in [2.24, 2.45) is 0 Å². The zero-order chi connectivity index (χ0) is 41.2. The summed E-state index contributed by atoms with van der Waals surface area (Å²) in [5.74, 6) is -0.0918. The van der Waals surface area contributed by atoms with Gasteiger partial charge in [-0.2, -0.15) is 0 Å². The molecule has 9 heteroatoms. The van der Waals surface area contributed by atoms with Crippen LogP contribution < -0.4 is 0 Å². The fourth-order valence-electron chi connectivity index (χ4n) is 7.39. The van der Waals surface area contributed by atoms with Crippen molar-refractivity contribution in [3.05, 3.63) is 0 Å². The maximum Gasteiger partial charge on any atom is 0.306 e. The lowest BCUT2D eigenvalue weighted by Crippen LogP contribution is -2.33. The molecule has 0 bridgehead atoms. The first-order valence-electron chi connectivity index (χ1n) is 23.8. The fourth-order valence-corrected chi connectivity index (χ4v) is 7.93. The van der Waals surface area contributed by atoms with Crippen LogP contribution in [0.1, 0.15) is 233 Å². The second kappa shape index (κ2) is 43.6. The molecule has 56 heavy (non-hydrogen) atoms. The highest BCUT2D eigenvalue weighted by atomic mass is 127. The number of amides is 1. The Hall–Kier alpha value is -0.940. The predicted molar refractivity (Wildman–Crippen MR) is 244 cm³/mol. The van der Waals surface area contributed by atoms with Crippen molar-refractivity contribution < 1.29 is 28.7 Å². The van der Waals surface area contributed by atoms with Gasteiger partial charge >= 0.3 is 11.9 Å². The molecule has 8 nitrogen and oxygen atoms in total. The van der Waals surface area contributed by atoms with Gasteiger partial charge in [0.2, 0.25) is 5.91 Å². The Morgan fingerprint density at radius 2 is 0.929 bits per heavy atom. The topological polar surface area (TPSA) is 85.4 Å². The third kappa shape index (κ3) is 38.6. The molecule has 1 atom stereocenters. The molecule has 0 saturated carbocycles. The average Bonchev–Trinajstić information content (AvgIpc) is 3.18. The SMILES string of the molecule is CCCCCCCCCOC(=O)CCCCCCCN(CCCCCCCC(=O)OC(CCCCCCCC)CCCCCCCI)CCCN(OC)C(C)=O. The summed E-state index contributed by atoms with van der Waals surface area (Å²) in [7, 11) is 1.56. The number of hydroxylamine groups is 2. The summed E-state index contributed by atoms with van der Waals surface area (Å²) in [5.41, 5.74) is 0. The van der Waals surface area contributed by atoms with Gasteiger partial charge in [0.1, 0.15) is 6.10 Å². The molecule has 0 aromatic rings. The molecule has 332 valence electrons. The summed E-state index contributed by atoms with van der Waals surface area (Å²) in [6.07, 6.45) is 37.6. The number of ether oxygens (including phenoxy) is 2. The van der Waals surface area contributed by atoms with Crippen LogP contribution >= 0.6 is 22.6 Å². The standard InChI is InChI=1S/C47H91IN2O6/c1-5-7-9-11-13-24-32-43-55-46(52)36-27-19-15-22-30-39-49(41-33-42-50(54-4)44(3)51)40-31-23-16-20-28-37-47(53)56-45(34-25-17-12-10-8-6-2)35-26-18-14-21-29-38-48/h45H,5-43H2,1-4H3. The van der Waals surface area contributed by atoms with E-state index in [0.717, 1.165) is 116 Å². The van der Waals surface area contributed by atoms with Crippen LogP contribution in [-0.2, 0) is 28.7 Å². The van der Waals surface area contributed by atoms with E-state index in [0.29, 0.717) is 26.0 Å². The molecule has 0 aromatic heterocycles. The minimum atomic E-state index is -0.0597. The second-order valence-electron chi connectivity index (χ2n) is 16.3. The first kappa shape index (κ1) is 55.1. The van der Waals surface area contributed by atoms with Gasteiger partial charge in [-0.15, -0.1) is 0 Å². The quantitative estimate of drug-likeness (QED) is 0.0198. The lowest BCUT2D eigenvalue weighted by atomic mass is 10.0. The van der Waals surface area contributed by atoms with Crippen LogP contribution in [0.4, 0.5) is 0 Å². The molecule has 0 spiro atoms. The van der Waals surface area contributed by atoms with Gasteiger partial charge in [0.15, 0.2) is 0 Å². The first-order chi connectivity index (χ1) is 27.4. The molecule has 0 aliphatic heterocycles. The molecule has 0 rings (SSSR count). The van der Waals surface area contributed by atoms with Crippen LogP contribution in [0.25, 0.3) is 0 Å². The summed E-state index contributed by atoms with van der Waals surface area (Å²) < 4.78 is 12.7. The molecular formula is C47H91IN2O6. The van der Waals surface area contributed by atoms with E-state index in [-0.39, 0.29) is 23.9 Å². The van der Waals surface area contributed by atoms with Crippen molar-refractivity contribution in [3.63, 3.8) is 0 Å². The molecule has 0 fully saturated rings. The average molecular weight is 907 g/mol. The number of halogens is 1. The van der Waals surface area contributed by atoms with Crippen molar-refractivity contribution in [1.29, 1.82) is 0 Å². The van der Waals surface area contributed by atoms with Gasteiger partial charge in [0.25, 0.3) is 0 Å². The van der Waals surface area contributed by atoms with Crippen LogP contribution in [0, 0.1) is 0 Å². The number of esters is 2. The Labute approximate surface area is 360 Å². The number of carbonyl (C=O) groups excluding carboxylic acids is 3. The minimum Gasteiger partial charge on any atom is -0.466 e. The summed E-state index contributed by atoms with van der Waals surface area (Å²) in [4.78, 5) is 44.5. The van der Waals surface area contributed by atoms with E-state index in [2.05, 4.69) is 41.3 Å². The van der Waals surface area contributed by atoms with Crippen molar-refractivity contribution in [2.75, 3.05) is 44.3 Å². The minimum absolute atomic E-state index is 0.00599. The van der Waals surface area contributed by atoms with Crippen LogP contribution in [0.3, 0.4) is 0 Å². The van der Waals surface area contributed by atoms with E-state index in [1.165, 1.54) is 112 Å². The molecule has 0 aromatic carbocycles. The zero-order valence-corrected chi connectivity index (χ0v) is 39.5. The molecule has 0 aliphatic carbocycles. The molecule has 0 aliphatic rings. The van der Waals surface area contributed by atoms with Crippen LogP contribution in [0.15, 0.2) is 0 Å². The fraction of sp³-hybridized carbons (Fsp3) is 0.936. The van der Waals surface area contributed by atoms with Crippen LogP contribution in [-0.4, -0.2) is 78.2 Å². The number of alkyl halides is 1. The van der Waals surface area contributed by atoms with Crippen LogP contribution in [0.5, 0.6) is 0 Å². The predicted octanol–water partition coefficient (Wildman–Crippen LogP) is 13.5. The Balaban J connectivity index is 4.38. The maximum absolute atomic E-state index is 12.8. The van der Waals surface area contributed by atoms with E-state index in [9.17, 15) is 14.4 Å². The third-order valence-corrected chi connectivity index (χ3v) is 11.7. The van der Waals surface area contributed by atoms with Gasteiger partial charge < -0.3 is 14.4 Å². The normalized spacial score (nSPS) is 12.0. The number of hydrogen-bond donors (Lipinski definition) is 0. The maximum atomic E-state index is 12.8. The smallest absolute Gasteiger partial charge is 0.306 e. The molecule has 1 amide bonds. The Kier molecular flexibility index (Phi) is 42.9. The first-order valence-corrected chi connectivity index (χ1v) is 25.4. The zero-order valence-electron chi connectivity index (χ0n) is 37.4. The number of nitrogens with zero attached hydrogens (tertiary/aromatic N) is 2. The lowest BCUT2D eigenvalue weighted by Gasteiger charge is -2.24. The Morgan fingerprint density at radius 1 is 0.500 bits per heavy atom. The molecule has 0 radical (unpaired) electrons. The van der Waals surface area contributed by atoms with Crippen molar-refractivity contribution in [3.8, 4) is 0 Å². The molecular weight excluding hydrogens is 815 g/mol. The summed E-state index contributed by atoms with van der Waals surface area (Å²) >= 11 is 2.46. The number of hydrogen-bond acceptors (Lipinski definition) is 7. The van der Waals surface area contributed by atoms with Gasteiger partial charge in [-0.25, -0.2) is 5.06 Å². The molecule has 1 unspecified atom stereocenters. The van der Waals surface area contributed by atoms with E-state index < -0.39 is 0 Å². The van der Waals surface area contributed by atoms with Gasteiger partial charge in [-0.05, 0) is 94.7 Å². The second-order valence-corrected chi connectivity index (χ2v) is 17.4. The largest absolute Gasteiger partial charge is 0.466 e. The van der Waals surface area contributed by atoms with E-state index in [4.69, 9.17) is 14.3 Å². The Morgan fingerprint density at radius 3 is 1.43 bits per heavy atom. The number of unbranched alkanes of at least 4 members (excludes halogenated alkanes) is 23. The van der Waals surface area contributed by atoms with Gasteiger partial charge in [0.05, 0.1) is 13.7 Å². The third-order valence-electron chi connectivity index (χ3n) is 11.0. The summed E-state index contributed by atoms with van der Waals surface area (Å²) in [6.45, 7) is 10.3. The highest BCUT2D eigenvalue weighted by Crippen LogP contribution is 2.19. The van der Waals surface area contributed by atoms with Gasteiger partial charge in [-0.3, -0.25) is 19.2 Å². The van der Waals surface area contributed by atoms with Crippen molar-refractivity contribution >= 4 is 40.4 Å². The molecule has 0 saturated heterocycles. The van der Waals surface area contributed by atoms with Crippen molar-refractivity contribution in [1.82, 2.24) is 9.96 Å². The summed E-state index contributed by atoms with van der Waals surface area (Å²) in [5, 5.41) is 1.44. The Bertz CT molecular complexity index is 862. The number of rotatable bonds is 44. The van der Waals surface area contributed by atoms with Gasteiger partial charge in [0, 0.05) is 26.3 Å². The van der Waals surface area contributed by atoms with E-state index in [1.807, 2.05) is 0 Å². The highest BCUT2D eigenvalue weighted by Gasteiger charge is 2.15. The highest BCUT2D eigenvalue weighted by molar-refractivity contribution is 14.1. The number of carbonyl (C=O) groups is 3. The lowest BCUT2D eigenvalue weighted by molar-refractivity contribution is -0.173. The summed E-state index contributed by atoms with van der Waals surface area (Å²) in [6, 6.07) is 0. The van der Waals surface area contributed by atoms with E-state index in [1.54, 1.807) is 14.0 Å². The van der Waals surface area contributed by atoms with Crippen molar-refractivity contribution in [2.45, 2.75) is 239 Å².